The van der Waals surface area contributed by atoms with Crippen LogP contribution in [-0.2, 0) is 19.3 Å². The molecule has 0 spiro atoms. The monoisotopic (exact) mass is 278 g/mol. The van der Waals surface area contributed by atoms with Crippen molar-refractivity contribution >= 4 is 12.4 Å². The van der Waals surface area contributed by atoms with Crippen LogP contribution in [0.25, 0.3) is 0 Å². The lowest BCUT2D eigenvalue weighted by Gasteiger charge is -2.03. The maximum absolute atomic E-state index is 4.13. The molecule has 0 N–H and O–H groups in total. The van der Waals surface area contributed by atoms with Crippen molar-refractivity contribution in [2.45, 2.75) is 33.1 Å². The molecule has 0 amide bonds. The molecule has 0 aromatic heterocycles. The maximum Gasteiger partial charge on any atom is 0.0314 e. The van der Waals surface area contributed by atoms with E-state index in [1.807, 2.05) is 12.4 Å². The van der Waals surface area contributed by atoms with E-state index in [1.54, 1.807) is 0 Å². The highest BCUT2D eigenvalue weighted by molar-refractivity contribution is 5.66. The predicted octanol–water partition coefficient (Wildman–Crippen LogP) is 4.40. The molecule has 2 rings (SSSR count). The lowest BCUT2D eigenvalue weighted by Crippen LogP contribution is -1.93. The third-order valence-corrected chi connectivity index (χ3v) is 3.61. The summed E-state index contributed by atoms with van der Waals surface area (Å²) in [5.74, 6) is 0. The van der Waals surface area contributed by atoms with E-state index in [1.165, 1.54) is 22.3 Å². The van der Waals surface area contributed by atoms with Gasteiger partial charge in [0.15, 0.2) is 0 Å². The standard InChI is InChI=1S/C19H22N2/c1-3-17-9-6-7-11-19(17)13-15-21-20-14-12-18-10-5-4-8-16(18)2/h4-11,14-15H,3,12-13H2,1-2H3/b20-14+,21-15+. The van der Waals surface area contributed by atoms with Crippen LogP contribution < -0.4 is 0 Å². The highest BCUT2D eigenvalue weighted by Crippen LogP contribution is 2.09. The Labute approximate surface area is 127 Å². The minimum atomic E-state index is 0.829. The first kappa shape index (κ1) is 15.2. The molecule has 0 saturated heterocycles. The first-order valence-electron chi connectivity index (χ1n) is 7.46. The van der Waals surface area contributed by atoms with Crippen LogP contribution in [0.3, 0.4) is 0 Å². The molecule has 2 nitrogen and oxygen atoms in total. The Bertz CT molecular complexity index is 627. The van der Waals surface area contributed by atoms with Crippen LogP contribution >= 0.6 is 0 Å². The van der Waals surface area contributed by atoms with Gasteiger partial charge < -0.3 is 0 Å². The fraction of sp³-hybridized carbons (Fsp3) is 0.263. The van der Waals surface area contributed by atoms with Crippen molar-refractivity contribution < 1.29 is 0 Å². The van der Waals surface area contributed by atoms with Crippen LogP contribution in [-0.4, -0.2) is 12.4 Å². The van der Waals surface area contributed by atoms with Gasteiger partial charge in [0.05, 0.1) is 0 Å². The molecule has 0 atom stereocenters. The van der Waals surface area contributed by atoms with Crippen molar-refractivity contribution in [1.82, 2.24) is 0 Å². The van der Waals surface area contributed by atoms with Crippen molar-refractivity contribution in [3.05, 3.63) is 70.8 Å². The van der Waals surface area contributed by atoms with Gasteiger partial charge in [0.25, 0.3) is 0 Å². The van der Waals surface area contributed by atoms with E-state index in [-0.39, 0.29) is 0 Å². The molecule has 2 heteroatoms. The van der Waals surface area contributed by atoms with Gasteiger partial charge in [-0.1, -0.05) is 55.5 Å². The van der Waals surface area contributed by atoms with Crippen LogP contribution in [0.5, 0.6) is 0 Å². The fourth-order valence-corrected chi connectivity index (χ4v) is 2.31. The van der Waals surface area contributed by atoms with Gasteiger partial charge in [-0.3, -0.25) is 0 Å². The maximum atomic E-state index is 4.13. The van der Waals surface area contributed by atoms with E-state index in [0.29, 0.717) is 0 Å². The van der Waals surface area contributed by atoms with E-state index in [9.17, 15) is 0 Å². The van der Waals surface area contributed by atoms with Gasteiger partial charge >= 0.3 is 0 Å². The lowest BCUT2D eigenvalue weighted by molar-refractivity contribution is 1.09. The number of hydrogen-bond acceptors (Lipinski definition) is 2. The number of benzene rings is 2. The molecule has 0 radical (unpaired) electrons. The predicted molar refractivity (Wildman–Crippen MR) is 91.4 cm³/mol. The molecule has 0 unspecified atom stereocenters. The average molecular weight is 278 g/mol. The summed E-state index contributed by atoms with van der Waals surface area (Å²) in [6.45, 7) is 4.30. The molecule has 0 fully saturated rings. The second kappa shape index (κ2) is 8.15. The summed E-state index contributed by atoms with van der Waals surface area (Å²) in [5, 5.41) is 8.25. The SMILES string of the molecule is CCc1ccccc1C/C=N/N=C/Cc1ccccc1C. The van der Waals surface area contributed by atoms with Crippen molar-refractivity contribution in [1.29, 1.82) is 0 Å². The molecular formula is C19H22N2. The number of rotatable bonds is 6. The van der Waals surface area contributed by atoms with Crippen LogP contribution in [0.15, 0.2) is 58.7 Å². The Hall–Kier alpha value is -2.22. The Morgan fingerprint density at radius 2 is 1.29 bits per heavy atom. The summed E-state index contributed by atoms with van der Waals surface area (Å²) >= 11 is 0. The van der Waals surface area contributed by atoms with E-state index in [4.69, 9.17) is 0 Å². The smallest absolute Gasteiger partial charge is 0.0314 e. The van der Waals surface area contributed by atoms with Crippen molar-refractivity contribution in [2.24, 2.45) is 10.2 Å². The van der Waals surface area contributed by atoms with Crippen LogP contribution in [0, 0.1) is 6.92 Å². The summed E-state index contributed by atoms with van der Waals surface area (Å²) in [6, 6.07) is 16.8. The molecule has 21 heavy (non-hydrogen) atoms. The second-order valence-electron chi connectivity index (χ2n) is 5.05. The summed E-state index contributed by atoms with van der Waals surface area (Å²) in [6.07, 6.45) is 6.47. The van der Waals surface area contributed by atoms with Crippen molar-refractivity contribution in [2.75, 3.05) is 0 Å². The highest BCUT2D eigenvalue weighted by atomic mass is 15.2. The summed E-state index contributed by atoms with van der Waals surface area (Å²) in [7, 11) is 0. The fourth-order valence-electron chi connectivity index (χ4n) is 2.31. The molecule has 0 aliphatic rings. The Morgan fingerprint density at radius 1 is 0.762 bits per heavy atom. The molecule has 108 valence electrons. The van der Waals surface area contributed by atoms with Gasteiger partial charge in [0, 0.05) is 25.3 Å². The quantitative estimate of drug-likeness (QED) is 0.553. The largest absolute Gasteiger partial charge is 0.164 e. The van der Waals surface area contributed by atoms with Crippen LogP contribution in [0.2, 0.25) is 0 Å². The van der Waals surface area contributed by atoms with Crippen molar-refractivity contribution in [3.63, 3.8) is 0 Å². The summed E-state index contributed by atoms with van der Waals surface area (Å²) < 4.78 is 0. The molecule has 0 bridgehead atoms. The average Bonchev–Trinajstić information content (AvgIpc) is 2.52. The van der Waals surface area contributed by atoms with Gasteiger partial charge in [-0.2, -0.15) is 10.2 Å². The van der Waals surface area contributed by atoms with Gasteiger partial charge in [0.1, 0.15) is 0 Å². The van der Waals surface area contributed by atoms with E-state index >= 15 is 0 Å². The minimum absolute atomic E-state index is 0.829. The minimum Gasteiger partial charge on any atom is -0.164 e. The first-order valence-corrected chi connectivity index (χ1v) is 7.46. The molecule has 0 aliphatic carbocycles. The molecular weight excluding hydrogens is 256 g/mol. The molecule has 0 saturated carbocycles. The normalized spacial score (nSPS) is 11.5. The summed E-state index contributed by atoms with van der Waals surface area (Å²) in [4.78, 5) is 0. The third kappa shape index (κ3) is 4.67. The number of hydrogen-bond donors (Lipinski definition) is 0. The second-order valence-corrected chi connectivity index (χ2v) is 5.05. The molecule has 0 heterocycles. The molecule has 2 aromatic rings. The lowest BCUT2D eigenvalue weighted by atomic mass is 10.0. The number of aryl methyl sites for hydroxylation is 2. The van der Waals surface area contributed by atoms with Gasteiger partial charge in [-0.15, -0.1) is 0 Å². The molecule has 2 aromatic carbocycles. The van der Waals surface area contributed by atoms with E-state index in [2.05, 4.69) is 72.6 Å². The zero-order valence-corrected chi connectivity index (χ0v) is 12.8. The Balaban J connectivity index is 1.85. The van der Waals surface area contributed by atoms with Crippen LogP contribution in [0.4, 0.5) is 0 Å². The topological polar surface area (TPSA) is 24.7 Å². The van der Waals surface area contributed by atoms with E-state index < -0.39 is 0 Å². The Kier molecular flexibility index (Phi) is 5.89. The molecule has 0 aliphatic heterocycles. The third-order valence-electron chi connectivity index (χ3n) is 3.61. The summed E-state index contributed by atoms with van der Waals surface area (Å²) in [5.41, 5.74) is 5.31. The van der Waals surface area contributed by atoms with Gasteiger partial charge in [-0.25, -0.2) is 0 Å². The zero-order chi connectivity index (χ0) is 14.9. The highest BCUT2D eigenvalue weighted by Gasteiger charge is 1.96. The van der Waals surface area contributed by atoms with E-state index in [0.717, 1.165) is 19.3 Å². The van der Waals surface area contributed by atoms with Crippen LogP contribution in [0.1, 0.15) is 29.2 Å². The number of nitrogens with zero attached hydrogens (tertiary/aromatic N) is 2. The van der Waals surface area contributed by atoms with Gasteiger partial charge in [0.2, 0.25) is 0 Å². The first-order chi connectivity index (χ1) is 10.3. The van der Waals surface area contributed by atoms with Gasteiger partial charge in [-0.05, 0) is 35.6 Å². The Morgan fingerprint density at radius 3 is 1.90 bits per heavy atom. The van der Waals surface area contributed by atoms with Crippen molar-refractivity contribution in [3.8, 4) is 0 Å². The zero-order valence-electron chi connectivity index (χ0n) is 12.8.